The zero-order chi connectivity index (χ0) is 21.3. The lowest BCUT2D eigenvalue weighted by atomic mass is 9.48. The number of alkyl halides is 3. The molecule has 0 radical (unpaired) electrons. The smallest absolute Gasteiger partial charge is 0.417 e. The molecule has 4 fully saturated rings. The quantitative estimate of drug-likeness (QED) is 0.666. The second kappa shape index (κ2) is 6.69. The highest BCUT2D eigenvalue weighted by molar-refractivity contribution is 5.84. The van der Waals surface area contributed by atoms with Crippen LogP contribution in [-0.2, 0) is 27.7 Å². The van der Waals surface area contributed by atoms with Crippen molar-refractivity contribution in [1.29, 1.82) is 0 Å². The minimum atomic E-state index is -4.51. The third kappa shape index (κ3) is 3.10. The number of halogens is 3. The van der Waals surface area contributed by atoms with E-state index in [1.165, 1.54) is 36.9 Å². The number of aromatic nitrogens is 3. The van der Waals surface area contributed by atoms with Crippen LogP contribution in [0.25, 0.3) is 11.0 Å². The Morgan fingerprint density at radius 1 is 1.20 bits per heavy atom. The summed E-state index contributed by atoms with van der Waals surface area (Å²) in [4.78, 5) is 16.8. The molecule has 4 aliphatic carbocycles. The van der Waals surface area contributed by atoms with E-state index in [1.807, 2.05) is 0 Å². The monoisotopic (exact) mass is 421 g/mol. The molecule has 2 aromatic rings. The number of rotatable bonds is 4. The van der Waals surface area contributed by atoms with Crippen molar-refractivity contribution in [3.63, 3.8) is 0 Å². The molecule has 30 heavy (non-hydrogen) atoms. The number of hydrogen-bond donors (Lipinski definition) is 0. The van der Waals surface area contributed by atoms with Crippen LogP contribution >= 0.6 is 0 Å². The predicted molar refractivity (Wildman–Crippen MR) is 104 cm³/mol. The van der Waals surface area contributed by atoms with Crippen LogP contribution in [0.15, 0.2) is 6.07 Å². The average Bonchev–Trinajstić information content (AvgIpc) is 2.95. The summed E-state index contributed by atoms with van der Waals surface area (Å²) >= 11 is 0. The minimum Gasteiger partial charge on any atom is -0.465 e. The van der Waals surface area contributed by atoms with Crippen LogP contribution in [0, 0.1) is 24.7 Å². The molecular formula is C22H26F3N3O2. The minimum absolute atomic E-state index is 0.0136. The van der Waals surface area contributed by atoms with Crippen LogP contribution in [0.3, 0.4) is 0 Å². The molecule has 0 aromatic carbocycles. The van der Waals surface area contributed by atoms with Gasteiger partial charge in [0.2, 0.25) is 0 Å². The van der Waals surface area contributed by atoms with Crippen LogP contribution in [0.2, 0.25) is 0 Å². The normalized spacial score (nSPS) is 30.2. The van der Waals surface area contributed by atoms with Gasteiger partial charge >= 0.3 is 12.1 Å². The molecule has 2 heterocycles. The fraction of sp³-hybridized carbons (Fsp3) is 0.682. The number of nitrogens with zero attached hydrogens (tertiary/aromatic N) is 3. The molecular weight excluding hydrogens is 395 g/mol. The molecule has 0 saturated heterocycles. The topological polar surface area (TPSA) is 57.0 Å². The molecule has 0 spiro atoms. The van der Waals surface area contributed by atoms with Crippen LogP contribution in [0.4, 0.5) is 13.2 Å². The molecule has 0 N–H and O–H groups in total. The van der Waals surface area contributed by atoms with Gasteiger partial charge < -0.3 is 4.74 Å². The molecule has 0 unspecified atom stereocenters. The van der Waals surface area contributed by atoms with Gasteiger partial charge in [-0.15, -0.1) is 0 Å². The number of esters is 1. The van der Waals surface area contributed by atoms with E-state index in [-0.39, 0.29) is 35.3 Å². The largest absolute Gasteiger partial charge is 0.465 e. The molecule has 4 saturated carbocycles. The van der Waals surface area contributed by atoms with E-state index in [4.69, 9.17) is 9.72 Å². The van der Waals surface area contributed by atoms with Crippen molar-refractivity contribution in [3.05, 3.63) is 23.0 Å². The van der Waals surface area contributed by atoms with Crippen molar-refractivity contribution in [3.8, 4) is 0 Å². The number of hydrogen-bond acceptors (Lipinski definition) is 4. The van der Waals surface area contributed by atoms with Gasteiger partial charge in [0.15, 0.2) is 5.65 Å². The van der Waals surface area contributed by atoms with Crippen LogP contribution in [0.5, 0.6) is 0 Å². The van der Waals surface area contributed by atoms with Crippen molar-refractivity contribution in [2.45, 2.75) is 70.5 Å². The molecule has 0 aliphatic heterocycles. The summed E-state index contributed by atoms with van der Waals surface area (Å²) in [5.74, 6) is 1.25. The Bertz CT molecular complexity index is 976. The van der Waals surface area contributed by atoms with E-state index in [0.717, 1.165) is 19.3 Å². The molecule has 4 bridgehead atoms. The Kier molecular flexibility index (Phi) is 4.42. The zero-order valence-corrected chi connectivity index (χ0v) is 17.3. The Hall–Kier alpha value is -2.12. The summed E-state index contributed by atoms with van der Waals surface area (Å²) in [5.41, 5.74) is -0.0693. The predicted octanol–water partition coefficient (Wildman–Crippen LogP) is 4.79. The first-order chi connectivity index (χ1) is 14.2. The maximum Gasteiger partial charge on any atom is 0.417 e. The van der Waals surface area contributed by atoms with Gasteiger partial charge in [-0.1, -0.05) is 0 Å². The lowest BCUT2D eigenvalue weighted by Crippen LogP contribution is -2.49. The SMILES string of the molecule is CCOC(=O)Cn1nc(C)c2c(C(F)(F)F)cc(C34CC5CC(CC(C5)C3)C4)nc21. The highest BCUT2D eigenvalue weighted by Gasteiger charge is 2.53. The first-order valence-electron chi connectivity index (χ1n) is 10.8. The van der Waals surface area contributed by atoms with Crippen LogP contribution in [0.1, 0.15) is 62.4 Å². The van der Waals surface area contributed by atoms with Gasteiger partial charge in [-0.25, -0.2) is 9.67 Å². The molecule has 8 heteroatoms. The Morgan fingerprint density at radius 3 is 2.33 bits per heavy atom. The number of carbonyl (C=O) groups excluding carboxylic acids is 1. The van der Waals surface area contributed by atoms with Crippen molar-refractivity contribution >= 4 is 17.0 Å². The van der Waals surface area contributed by atoms with Gasteiger partial charge in [0.25, 0.3) is 0 Å². The third-order valence-corrected chi connectivity index (χ3v) is 7.35. The van der Waals surface area contributed by atoms with E-state index < -0.39 is 17.7 Å². The number of fused-ring (bicyclic) bond motifs is 1. The van der Waals surface area contributed by atoms with E-state index in [1.54, 1.807) is 6.92 Å². The van der Waals surface area contributed by atoms with Crippen LogP contribution in [-0.4, -0.2) is 27.3 Å². The highest BCUT2D eigenvalue weighted by atomic mass is 19.4. The number of carbonyl (C=O) groups is 1. The van der Waals surface area contributed by atoms with E-state index in [0.29, 0.717) is 23.4 Å². The fourth-order valence-corrected chi connectivity index (χ4v) is 6.71. The van der Waals surface area contributed by atoms with E-state index in [2.05, 4.69) is 5.10 Å². The van der Waals surface area contributed by atoms with Crippen molar-refractivity contribution in [2.24, 2.45) is 17.8 Å². The summed E-state index contributed by atoms with van der Waals surface area (Å²) in [7, 11) is 0. The first kappa shape index (κ1) is 19.8. The molecule has 5 nitrogen and oxygen atoms in total. The van der Waals surface area contributed by atoms with Gasteiger partial charge in [0, 0.05) is 11.1 Å². The number of ether oxygens (including phenoxy) is 1. The Morgan fingerprint density at radius 2 is 1.80 bits per heavy atom. The molecule has 0 atom stereocenters. The first-order valence-corrected chi connectivity index (χ1v) is 10.8. The number of pyridine rings is 1. The average molecular weight is 421 g/mol. The van der Waals surface area contributed by atoms with Crippen LogP contribution < -0.4 is 0 Å². The summed E-state index contributed by atoms with van der Waals surface area (Å²) in [6.07, 6.45) is 1.84. The van der Waals surface area contributed by atoms with Gasteiger partial charge in [-0.2, -0.15) is 18.3 Å². The van der Waals surface area contributed by atoms with Crippen molar-refractivity contribution in [2.75, 3.05) is 6.61 Å². The maximum absolute atomic E-state index is 14.1. The standard InChI is InChI=1S/C22H26F3N3O2/c1-3-30-18(29)11-28-20-19(12(2)27-28)16(22(23,24)25)7-17(26-20)21-8-13-4-14(9-21)6-15(5-13)10-21/h7,13-15H,3-6,8-11H2,1-2H3. The highest BCUT2D eigenvalue weighted by Crippen LogP contribution is 2.60. The second-order valence-electron chi connectivity index (χ2n) is 9.50. The van der Waals surface area contributed by atoms with Crippen molar-refractivity contribution in [1.82, 2.24) is 14.8 Å². The lowest BCUT2D eigenvalue weighted by Gasteiger charge is -2.56. The van der Waals surface area contributed by atoms with Gasteiger partial charge in [-0.05, 0) is 76.2 Å². The van der Waals surface area contributed by atoms with Gasteiger partial charge in [0.1, 0.15) is 6.54 Å². The third-order valence-electron chi connectivity index (χ3n) is 7.35. The summed E-state index contributed by atoms with van der Waals surface area (Å²) in [6, 6.07) is 1.28. The van der Waals surface area contributed by atoms with E-state index >= 15 is 0 Å². The summed E-state index contributed by atoms with van der Waals surface area (Å²) in [5, 5.41) is 4.21. The Balaban J connectivity index is 1.67. The molecule has 2 aromatic heterocycles. The zero-order valence-electron chi connectivity index (χ0n) is 17.3. The van der Waals surface area contributed by atoms with Gasteiger partial charge in [-0.3, -0.25) is 4.79 Å². The Labute approximate surface area is 173 Å². The summed E-state index contributed by atoms with van der Waals surface area (Å²) < 4.78 is 48.5. The molecule has 4 aliphatic rings. The maximum atomic E-state index is 14.1. The van der Waals surface area contributed by atoms with Crippen molar-refractivity contribution < 1.29 is 22.7 Å². The number of aryl methyl sites for hydroxylation is 1. The second-order valence-corrected chi connectivity index (χ2v) is 9.50. The summed E-state index contributed by atoms with van der Waals surface area (Å²) in [6.45, 7) is 3.18. The van der Waals surface area contributed by atoms with E-state index in [9.17, 15) is 18.0 Å². The fourth-order valence-electron chi connectivity index (χ4n) is 6.71. The lowest BCUT2D eigenvalue weighted by molar-refractivity contribution is -0.144. The van der Waals surface area contributed by atoms with Gasteiger partial charge in [0.05, 0.1) is 23.3 Å². The molecule has 0 amide bonds. The molecule has 162 valence electrons. The molecule has 6 rings (SSSR count).